The van der Waals surface area contributed by atoms with E-state index in [0.717, 1.165) is 25.7 Å². The normalized spacial score (nSPS) is 22.4. The van der Waals surface area contributed by atoms with Crippen LogP contribution in [0.2, 0.25) is 0 Å². The third-order valence-electron chi connectivity index (χ3n) is 6.15. The third-order valence-corrected chi connectivity index (χ3v) is 6.15. The maximum atomic E-state index is 14.2. The van der Waals surface area contributed by atoms with E-state index in [1.165, 1.54) is 16.8 Å². The summed E-state index contributed by atoms with van der Waals surface area (Å²) in [5.41, 5.74) is -0.0400. The molecule has 1 heterocycles. The van der Waals surface area contributed by atoms with Crippen molar-refractivity contribution < 1.29 is 13.9 Å². The Bertz CT molecular complexity index is 968. The molecule has 2 unspecified atom stereocenters. The molecule has 0 radical (unpaired) electrons. The second kappa shape index (κ2) is 7.13. The number of hydrogen-bond donors (Lipinski definition) is 1. The third kappa shape index (κ3) is 2.94. The Morgan fingerprint density at radius 2 is 2.14 bits per heavy atom. The molecule has 4 rings (SSSR count). The Labute approximate surface area is 162 Å². The first-order valence-corrected chi connectivity index (χ1v) is 9.74. The summed E-state index contributed by atoms with van der Waals surface area (Å²) in [5.74, 6) is -0.985. The van der Waals surface area contributed by atoms with Gasteiger partial charge in [0.2, 0.25) is 5.43 Å². The van der Waals surface area contributed by atoms with Crippen LogP contribution in [0.5, 0.6) is 0 Å². The van der Waals surface area contributed by atoms with Gasteiger partial charge in [0.15, 0.2) is 5.69 Å². The van der Waals surface area contributed by atoms with Crippen molar-refractivity contribution in [3.05, 3.63) is 57.8 Å². The molecular formula is C21H24FN3O3. The fourth-order valence-corrected chi connectivity index (χ4v) is 4.44. The summed E-state index contributed by atoms with van der Waals surface area (Å²) in [6, 6.07) is 7.43. The van der Waals surface area contributed by atoms with Crippen LogP contribution >= 0.6 is 0 Å². The van der Waals surface area contributed by atoms with Crippen molar-refractivity contribution in [2.45, 2.75) is 51.7 Å². The SMILES string of the molecule is CCOC1CC(NC(=O)c2nn(-c3ccccc3F)c(C)cc2=O)C12CCC2. The van der Waals surface area contributed by atoms with E-state index in [9.17, 15) is 14.0 Å². The molecule has 1 N–H and O–H groups in total. The molecule has 1 aromatic heterocycles. The van der Waals surface area contributed by atoms with Crippen molar-refractivity contribution in [2.75, 3.05) is 6.61 Å². The minimum Gasteiger partial charge on any atom is -0.378 e. The summed E-state index contributed by atoms with van der Waals surface area (Å²) in [7, 11) is 0. The summed E-state index contributed by atoms with van der Waals surface area (Å²) in [5, 5.41) is 7.16. The zero-order valence-corrected chi connectivity index (χ0v) is 16.1. The quantitative estimate of drug-likeness (QED) is 0.859. The predicted molar refractivity (Wildman–Crippen MR) is 102 cm³/mol. The molecule has 2 aliphatic carbocycles. The van der Waals surface area contributed by atoms with Gasteiger partial charge in [-0.1, -0.05) is 18.6 Å². The molecule has 6 nitrogen and oxygen atoms in total. The molecular weight excluding hydrogens is 361 g/mol. The van der Waals surface area contributed by atoms with E-state index in [0.29, 0.717) is 12.3 Å². The number of carbonyl (C=O) groups is 1. The molecule has 2 aliphatic rings. The van der Waals surface area contributed by atoms with Gasteiger partial charge in [0.25, 0.3) is 5.91 Å². The Kier molecular flexibility index (Phi) is 4.79. The molecule has 2 fully saturated rings. The van der Waals surface area contributed by atoms with Gasteiger partial charge in [-0.15, -0.1) is 0 Å². The number of aryl methyl sites for hydroxylation is 1. The molecule has 0 bridgehead atoms. The Morgan fingerprint density at radius 3 is 2.79 bits per heavy atom. The average Bonchev–Trinajstić information content (AvgIpc) is 2.60. The van der Waals surface area contributed by atoms with Crippen LogP contribution in [0.3, 0.4) is 0 Å². The van der Waals surface area contributed by atoms with Gasteiger partial charge >= 0.3 is 0 Å². The second-order valence-corrected chi connectivity index (χ2v) is 7.65. The summed E-state index contributed by atoms with van der Waals surface area (Å²) in [6.45, 7) is 4.28. The van der Waals surface area contributed by atoms with Crippen molar-refractivity contribution in [1.29, 1.82) is 0 Å². The standard InChI is InChI=1S/C21H24FN3O3/c1-3-28-18-12-17(21(18)9-6-10-21)23-20(27)19-16(26)11-13(2)25(24-19)15-8-5-4-7-14(15)22/h4-5,7-8,11,17-18H,3,6,9-10,12H2,1-2H3,(H,23,27). The number of amides is 1. The number of ether oxygens (including phenoxy) is 1. The minimum atomic E-state index is -0.513. The lowest BCUT2D eigenvalue weighted by molar-refractivity contribution is -0.169. The van der Waals surface area contributed by atoms with Crippen molar-refractivity contribution in [1.82, 2.24) is 15.1 Å². The molecule has 0 saturated heterocycles. The van der Waals surface area contributed by atoms with E-state index in [4.69, 9.17) is 4.74 Å². The highest BCUT2D eigenvalue weighted by Gasteiger charge is 2.59. The highest BCUT2D eigenvalue weighted by molar-refractivity contribution is 5.92. The van der Waals surface area contributed by atoms with Crippen LogP contribution in [-0.2, 0) is 4.74 Å². The smallest absolute Gasteiger partial charge is 0.276 e. The molecule has 2 aromatic rings. The van der Waals surface area contributed by atoms with Gasteiger partial charge in [-0.05, 0) is 45.2 Å². The first-order valence-electron chi connectivity index (χ1n) is 9.74. The van der Waals surface area contributed by atoms with Crippen molar-refractivity contribution in [3.63, 3.8) is 0 Å². The van der Waals surface area contributed by atoms with Crippen LogP contribution < -0.4 is 10.7 Å². The minimum absolute atomic E-state index is 0.0130. The molecule has 1 spiro atoms. The van der Waals surface area contributed by atoms with Gasteiger partial charge in [-0.2, -0.15) is 5.10 Å². The number of nitrogens with one attached hydrogen (secondary N) is 1. The van der Waals surface area contributed by atoms with E-state index in [1.54, 1.807) is 25.1 Å². The van der Waals surface area contributed by atoms with Crippen LogP contribution in [0.1, 0.15) is 48.8 Å². The van der Waals surface area contributed by atoms with Crippen LogP contribution in [0.25, 0.3) is 5.69 Å². The molecule has 148 valence electrons. The van der Waals surface area contributed by atoms with Crippen LogP contribution in [0.15, 0.2) is 35.1 Å². The molecule has 7 heteroatoms. The molecule has 0 aliphatic heterocycles. The van der Waals surface area contributed by atoms with E-state index in [2.05, 4.69) is 10.4 Å². The lowest BCUT2D eigenvalue weighted by Gasteiger charge is -2.60. The number of hydrogen-bond acceptors (Lipinski definition) is 4. The largest absolute Gasteiger partial charge is 0.378 e. The molecule has 1 amide bonds. The lowest BCUT2D eigenvalue weighted by Crippen LogP contribution is -2.67. The van der Waals surface area contributed by atoms with E-state index >= 15 is 0 Å². The summed E-state index contributed by atoms with van der Waals surface area (Å²) < 4.78 is 21.3. The summed E-state index contributed by atoms with van der Waals surface area (Å²) in [4.78, 5) is 25.2. The number of carbonyl (C=O) groups excluding carboxylic acids is 1. The average molecular weight is 385 g/mol. The van der Waals surface area contributed by atoms with Gasteiger partial charge in [0, 0.05) is 29.8 Å². The Balaban J connectivity index is 1.59. The molecule has 2 saturated carbocycles. The number of halogens is 1. The maximum absolute atomic E-state index is 14.2. The first-order chi connectivity index (χ1) is 13.5. The number of para-hydroxylation sites is 1. The topological polar surface area (TPSA) is 73.2 Å². The summed E-state index contributed by atoms with van der Waals surface area (Å²) in [6.07, 6.45) is 4.07. The highest BCUT2D eigenvalue weighted by Crippen LogP contribution is 2.57. The monoisotopic (exact) mass is 385 g/mol. The first kappa shape index (κ1) is 18.8. The van der Waals surface area contributed by atoms with Crippen molar-refractivity contribution in [3.8, 4) is 5.69 Å². The number of nitrogens with zero attached hydrogens (tertiary/aromatic N) is 2. The van der Waals surface area contributed by atoms with Crippen LogP contribution in [-0.4, -0.2) is 34.4 Å². The van der Waals surface area contributed by atoms with Crippen LogP contribution in [0, 0.1) is 18.2 Å². The van der Waals surface area contributed by atoms with Crippen molar-refractivity contribution >= 4 is 5.91 Å². The maximum Gasteiger partial charge on any atom is 0.276 e. The van der Waals surface area contributed by atoms with Gasteiger partial charge in [-0.3, -0.25) is 9.59 Å². The zero-order valence-electron chi connectivity index (χ0n) is 16.1. The summed E-state index contributed by atoms with van der Waals surface area (Å²) >= 11 is 0. The molecule has 2 atom stereocenters. The number of benzene rings is 1. The molecule has 28 heavy (non-hydrogen) atoms. The van der Waals surface area contributed by atoms with Gasteiger partial charge < -0.3 is 10.1 Å². The van der Waals surface area contributed by atoms with Gasteiger partial charge in [-0.25, -0.2) is 9.07 Å². The fourth-order valence-electron chi connectivity index (χ4n) is 4.44. The van der Waals surface area contributed by atoms with E-state index in [-0.39, 0.29) is 28.9 Å². The Hall–Kier alpha value is -2.54. The highest BCUT2D eigenvalue weighted by atomic mass is 19.1. The predicted octanol–water partition coefficient (Wildman–Crippen LogP) is 2.76. The van der Waals surface area contributed by atoms with Crippen molar-refractivity contribution in [2.24, 2.45) is 5.41 Å². The van der Waals surface area contributed by atoms with Crippen LogP contribution in [0.4, 0.5) is 4.39 Å². The zero-order chi connectivity index (χ0) is 19.9. The second-order valence-electron chi connectivity index (χ2n) is 7.65. The van der Waals surface area contributed by atoms with Gasteiger partial charge in [0.1, 0.15) is 11.5 Å². The Morgan fingerprint density at radius 1 is 1.39 bits per heavy atom. The van der Waals surface area contributed by atoms with E-state index in [1.807, 2.05) is 6.92 Å². The number of rotatable bonds is 5. The van der Waals surface area contributed by atoms with Gasteiger partial charge in [0.05, 0.1) is 6.10 Å². The number of aromatic nitrogens is 2. The molecule has 1 aromatic carbocycles. The fraction of sp³-hybridized carbons (Fsp3) is 0.476. The lowest BCUT2D eigenvalue weighted by atomic mass is 9.51. The van der Waals surface area contributed by atoms with E-state index < -0.39 is 17.2 Å².